The van der Waals surface area contributed by atoms with Crippen molar-refractivity contribution in [1.29, 1.82) is 5.26 Å². The molecular weight excluding hydrogens is 404 g/mol. The number of rotatable bonds is 3. The van der Waals surface area contributed by atoms with Crippen molar-refractivity contribution in [3.05, 3.63) is 76.0 Å². The van der Waals surface area contributed by atoms with Crippen molar-refractivity contribution >= 4 is 17.4 Å². The third kappa shape index (κ3) is 3.30. The zero-order chi connectivity index (χ0) is 22.2. The highest BCUT2D eigenvalue weighted by Crippen LogP contribution is 2.36. The van der Waals surface area contributed by atoms with E-state index in [4.69, 9.17) is 9.47 Å². The third-order valence-corrected chi connectivity index (χ3v) is 6.08. The molecule has 0 saturated carbocycles. The summed E-state index contributed by atoms with van der Waals surface area (Å²) in [5.41, 5.74) is 6.05. The monoisotopic (exact) mass is 426 g/mol. The molecular formula is C25H22N4O3. The van der Waals surface area contributed by atoms with Gasteiger partial charge in [-0.15, -0.1) is 0 Å². The second-order valence-corrected chi connectivity index (χ2v) is 7.93. The molecule has 3 heterocycles. The molecule has 32 heavy (non-hydrogen) atoms. The molecule has 7 heteroatoms. The van der Waals surface area contributed by atoms with Crippen LogP contribution in [-0.2, 0) is 6.42 Å². The van der Waals surface area contributed by atoms with Crippen LogP contribution in [0.1, 0.15) is 38.2 Å². The number of ether oxygens (including phenoxy) is 2. The number of carbonyl (C=O) groups excluding carboxylic acids is 1. The molecule has 0 atom stereocenters. The fourth-order valence-electron chi connectivity index (χ4n) is 4.23. The Morgan fingerprint density at radius 2 is 2.06 bits per heavy atom. The van der Waals surface area contributed by atoms with Crippen molar-refractivity contribution in [1.82, 2.24) is 4.98 Å². The Bertz CT molecular complexity index is 1280. The molecule has 1 amide bonds. The van der Waals surface area contributed by atoms with E-state index in [9.17, 15) is 10.1 Å². The SMILES string of the molecule is Cc1c(Cc2ccc3c(c2)OCN3)cc2c(c1C)OCCN(c1ncccc1C#N)C2=O. The van der Waals surface area contributed by atoms with Crippen LogP contribution in [0.3, 0.4) is 0 Å². The number of amides is 1. The van der Waals surface area contributed by atoms with Gasteiger partial charge in [0, 0.05) is 6.20 Å². The van der Waals surface area contributed by atoms with E-state index in [2.05, 4.69) is 29.4 Å². The second kappa shape index (κ2) is 7.89. The highest BCUT2D eigenvalue weighted by atomic mass is 16.5. The number of carbonyl (C=O) groups is 1. The van der Waals surface area contributed by atoms with Crippen LogP contribution in [0.4, 0.5) is 11.5 Å². The Hall–Kier alpha value is -4.05. The van der Waals surface area contributed by atoms with E-state index in [1.165, 1.54) is 4.90 Å². The average molecular weight is 426 g/mol. The van der Waals surface area contributed by atoms with Crippen LogP contribution in [0.25, 0.3) is 0 Å². The van der Waals surface area contributed by atoms with E-state index in [-0.39, 0.29) is 5.91 Å². The first-order valence-electron chi connectivity index (χ1n) is 10.5. The molecule has 0 spiro atoms. The van der Waals surface area contributed by atoms with Gasteiger partial charge in [-0.05, 0) is 72.9 Å². The van der Waals surface area contributed by atoms with Crippen molar-refractivity contribution in [2.45, 2.75) is 20.3 Å². The van der Waals surface area contributed by atoms with Crippen LogP contribution in [0, 0.1) is 25.2 Å². The first kappa shape index (κ1) is 19.9. The van der Waals surface area contributed by atoms with Crippen LogP contribution in [0.15, 0.2) is 42.6 Å². The smallest absolute Gasteiger partial charge is 0.263 e. The standard InChI is InChI=1S/C25H22N4O3/c1-15-16(2)23-20(12-19(15)10-17-5-6-21-22(11-17)32-14-28-21)25(30)29(8-9-31-23)24-18(13-26)4-3-7-27-24/h3-7,11-12,28H,8-10,14H2,1-2H3. The van der Waals surface area contributed by atoms with E-state index in [1.54, 1.807) is 18.3 Å². The largest absolute Gasteiger partial charge is 0.491 e. The Morgan fingerprint density at radius 3 is 2.91 bits per heavy atom. The maximum Gasteiger partial charge on any atom is 0.263 e. The molecule has 0 aliphatic carbocycles. The minimum absolute atomic E-state index is 0.210. The summed E-state index contributed by atoms with van der Waals surface area (Å²) < 4.78 is 11.6. The molecule has 1 N–H and O–H groups in total. The zero-order valence-corrected chi connectivity index (χ0v) is 17.9. The average Bonchev–Trinajstić information content (AvgIpc) is 3.22. The number of nitriles is 1. The quantitative estimate of drug-likeness (QED) is 0.682. The Kier molecular flexibility index (Phi) is 4.91. The summed E-state index contributed by atoms with van der Waals surface area (Å²) in [5, 5.41) is 12.7. The molecule has 0 fully saturated rings. The van der Waals surface area contributed by atoms with E-state index in [0.717, 1.165) is 33.7 Å². The summed E-state index contributed by atoms with van der Waals surface area (Å²) in [7, 11) is 0. The summed E-state index contributed by atoms with van der Waals surface area (Å²) in [6.07, 6.45) is 2.25. The molecule has 0 saturated heterocycles. The molecule has 2 aromatic carbocycles. The maximum absolute atomic E-state index is 13.6. The third-order valence-electron chi connectivity index (χ3n) is 6.08. The number of benzene rings is 2. The summed E-state index contributed by atoms with van der Waals surface area (Å²) in [6.45, 7) is 5.17. The molecule has 1 aromatic heterocycles. The predicted octanol–water partition coefficient (Wildman–Crippen LogP) is 3.96. The summed E-state index contributed by atoms with van der Waals surface area (Å²) >= 11 is 0. The van der Waals surface area contributed by atoms with E-state index >= 15 is 0 Å². The molecule has 2 aliphatic heterocycles. The number of anilines is 2. The molecule has 160 valence electrons. The van der Waals surface area contributed by atoms with Gasteiger partial charge in [0.15, 0.2) is 12.5 Å². The minimum atomic E-state index is -0.210. The van der Waals surface area contributed by atoms with Crippen molar-refractivity contribution in [2.24, 2.45) is 0 Å². The molecule has 5 rings (SSSR count). The number of fused-ring (bicyclic) bond motifs is 2. The van der Waals surface area contributed by atoms with Gasteiger partial charge in [0.05, 0.1) is 23.4 Å². The highest BCUT2D eigenvalue weighted by molar-refractivity contribution is 6.08. The molecule has 0 radical (unpaired) electrons. The lowest BCUT2D eigenvalue weighted by Crippen LogP contribution is -2.33. The fraction of sp³-hybridized carbons (Fsp3) is 0.240. The number of nitrogens with zero attached hydrogens (tertiary/aromatic N) is 3. The number of hydrogen-bond acceptors (Lipinski definition) is 6. The van der Waals surface area contributed by atoms with Gasteiger partial charge < -0.3 is 14.8 Å². The highest BCUT2D eigenvalue weighted by Gasteiger charge is 2.29. The number of pyridine rings is 1. The lowest BCUT2D eigenvalue weighted by atomic mass is 9.93. The van der Waals surface area contributed by atoms with Crippen LogP contribution in [-0.4, -0.2) is 30.8 Å². The minimum Gasteiger partial charge on any atom is -0.491 e. The van der Waals surface area contributed by atoms with Crippen LogP contribution in [0.5, 0.6) is 11.5 Å². The van der Waals surface area contributed by atoms with Crippen molar-refractivity contribution in [3.8, 4) is 17.6 Å². The molecule has 2 aliphatic rings. The molecule has 7 nitrogen and oxygen atoms in total. The second-order valence-electron chi connectivity index (χ2n) is 7.93. The summed E-state index contributed by atoms with van der Waals surface area (Å²) in [4.78, 5) is 19.4. The maximum atomic E-state index is 13.6. The van der Waals surface area contributed by atoms with Gasteiger partial charge in [-0.2, -0.15) is 5.26 Å². The number of hydrogen-bond donors (Lipinski definition) is 1. The molecule has 0 bridgehead atoms. The predicted molar refractivity (Wildman–Crippen MR) is 120 cm³/mol. The lowest BCUT2D eigenvalue weighted by Gasteiger charge is -2.20. The topological polar surface area (TPSA) is 87.5 Å². The van der Waals surface area contributed by atoms with E-state index < -0.39 is 0 Å². The zero-order valence-electron chi connectivity index (χ0n) is 17.9. The first-order chi connectivity index (χ1) is 15.6. The summed E-state index contributed by atoms with van der Waals surface area (Å²) in [5.74, 6) is 1.60. The normalized spacial score (nSPS) is 14.4. The Labute approximate surface area is 186 Å². The van der Waals surface area contributed by atoms with Gasteiger partial charge in [0.2, 0.25) is 0 Å². The fourth-order valence-corrected chi connectivity index (χ4v) is 4.23. The van der Waals surface area contributed by atoms with Crippen LogP contribution >= 0.6 is 0 Å². The van der Waals surface area contributed by atoms with Gasteiger partial charge in [-0.1, -0.05) is 6.07 Å². The number of nitrogens with one attached hydrogen (secondary N) is 1. The van der Waals surface area contributed by atoms with Gasteiger partial charge in [0.25, 0.3) is 5.91 Å². The summed E-state index contributed by atoms with van der Waals surface area (Å²) in [6, 6.07) is 13.5. The lowest BCUT2D eigenvalue weighted by molar-refractivity contribution is 0.0989. The van der Waals surface area contributed by atoms with Gasteiger partial charge >= 0.3 is 0 Å². The van der Waals surface area contributed by atoms with Crippen molar-refractivity contribution in [3.63, 3.8) is 0 Å². The Balaban J connectivity index is 1.55. The van der Waals surface area contributed by atoms with Crippen LogP contribution < -0.4 is 19.7 Å². The van der Waals surface area contributed by atoms with E-state index in [1.807, 2.05) is 25.1 Å². The molecule has 0 unspecified atom stereocenters. The van der Waals surface area contributed by atoms with Gasteiger partial charge in [0.1, 0.15) is 24.2 Å². The van der Waals surface area contributed by atoms with Crippen molar-refractivity contribution < 1.29 is 14.3 Å². The van der Waals surface area contributed by atoms with Crippen LogP contribution in [0.2, 0.25) is 0 Å². The molecule has 3 aromatic rings. The van der Waals surface area contributed by atoms with Gasteiger partial charge in [-0.25, -0.2) is 4.98 Å². The van der Waals surface area contributed by atoms with Gasteiger partial charge in [-0.3, -0.25) is 9.69 Å². The Morgan fingerprint density at radius 1 is 1.19 bits per heavy atom. The van der Waals surface area contributed by atoms with Crippen molar-refractivity contribution in [2.75, 3.05) is 30.1 Å². The number of aromatic nitrogens is 1. The first-order valence-corrected chi connectivity index (χ1v) is 10.5. The van der Waals surface area contributed by atoms with E-state index in [0.29, 0.717) is 49.0 Å².